The van der Waals surface area contributed by atoms with Gasteiger partial charge in [-0.3, -0.25) is 0 Å². The van der Waals surface area contributed by atoms with Crippen LogP contribution in [0.5, 0.6) is 11.5 Å². The van der Waals surface area contributed by atoms with Gasteiger partial charge >= 0.3 is 0 Å². The van der Waals surface area contributed by atoms with Crippen molar-refractivity contribution in [2.75, 3.05) is 32.2 Å². The van der Waals surface area contributed by atoms with Gasteiger partial charge in [-0.25, -0.2) is 9.97 Å². The minimum absolute atomic E-state index is 0.675. The summed E-state index contributed by atoms with van der Waals surface area (Å²) in [6.45, 7) is 2.03. The molecule has 2 heterocycles. The highest BCUT2D eigenvalue weighted by Crippen LogP contribution is 2.35. The average molecular weight is 349 g/mol. The molecule has 0 amide bonds. The fourth-order valence-electron chi connectivity index (χ4n) is 3.48. The number of rotatable bonds is 4. The maximum absolute atomic E-state index is 5.55. The Hall–Kier alpha value is -2.82. The molecule has 2 aromatic carbocycles. The lowest BCUT2D eigenvalue weighted by Crippen LogP contribution is -2.31. The molecule has 0 bridgehead atoms. The number of ether oxygens (including phenoxy) is 2. The fourth-order valence-corrected chi connectivity index (χ4v) is 3.48. The molecule has 1 saturated heterocycles. The van der Waals surface area contributed by atoms with Gasteiger partial charge in [-0.2, -0.15) is 0 Å². The van der Waals surface area contributed by atoms with E-state index in [1.54, 1.807) is 14.2 Å². The topological polar surface area (TPSA) is 47.5 Å². The molecule has 0 radical (unpaired) electrons. The molecule has 0 aliphatic carbocycles. The van der Waals surface area contributed by atoms with Gasteiger partial charge in [0, 0.05) is 30.8 Å². The van der Waals surface area contributed by atoms with Crippen LogP contribution in [-0.4, -0.2) is 37.3 Å². The summed E-state index contributed by atoms with van der Waals surface area (Å²) >= 11 is 0. The first-order valence-corrected chi connectivity index (χ1v) is 9.04. The van der Waals surface area contributed by atoms with Crippen molar-refractivity contribution in [2.45, 2.75) is 19.3 Å². The van der Waals surface area contributed by atoms with Crippen LogP contribution in [0.15, 0.2) is 42.5 Å². The van der Waals surface area contributed by atoms with Crippen molar-refractivity contribution < 1.29 is 9.47 Å². The third-order valence-electron chi connectivity index (χ3n) is 4.85. The summed E-state index contributed by atoms with van der Waals surface area (Å²) in [5.74, 6) is 2.34. The molecule has 0 N–H and O–H groups in total. The molecular weight excluding hydrogens is 326 g/mol. The quantitative estimate of drug-likeness (QED) is 0.703. The zero-order valence-electron chi connectivity index (χ0n) is 15.2. The number of benzene rings is 2. The summed E-state index contributed by atoms with van der Waals surface area (Å²) in [6.07, 6.45) is 3.66. The van der Waals surface area contributed by atoms with Gasteiger partial charge in [-0.05, 0) is 19.3 Å². The maximum atomic E-state index is 5.55. The monoisotopic (exact) mass is 349 g/mol. The Labute approximate surface area is 153 Å². The van der Waals surface area contributed by atoms with Crippen LogP contribution in [0.2, 0.25) is 0 Å². The van der Waals surface area contributed by atoms with Gasteiger partial charge in [-0.1, -0.05) is 30.3 Å². The van der Waals surface area contributed by atoms with Crippen LogP contribution in [0.3, 0.4) is 0 Å². The van der Waals surface area contributed by atoms with Crippen molar-refractivity contribution in [1.29, 1.82) is 0 Å². The van der Waals surface area contributed by atoms with E-state index in [1.807, 2.05) is 30.3 Å². The lowest BCUT2D eigenvalue weighted by atomic mass is 10.1. The smallest absolute Gasteiger partial charge is 0.155 e. The zero-order chi connectivity index (χ0) is 17.9. The van der Waals surface area contributed by atoms with Crippen molar-refractivity contribution >= 4 is 16.9 Å². The highest BCUT2D eigenvalue weighted by molar-refractivity contribution is 5.88. The van der Waals surface area contributed by atoms with Crippen LogP contribution < -0.4 is 14.4 Å². The standard InChI is InChI=1S/C21H23N3O2/c1-25-16-13-17-20(18(14-16)26-2)23-19(15-9-5-3-6-10-15)21(22-17)24-11-7-4-8-12-24/h3,5-6,9-10,13-14H,4,7-8,11-12H2,1-2H3. The molecule has 0 saturated carbocycles. The van der Waals surface area contributed by atoms with Crippen molar-refractivity contribution in [2.24, 2.45) is 0 Å². The Kier molecular flexibility index (Phi) is 4.61. The van der Waals surface area contributed by atoms with Crippen LogP contribution >= 0.6 is 0 Å². The minimum atomic E-state index is 0.675. The maximum Gasteiger partial charge on any atom is 0.155 e. The Morgan fingerprint density at radius 1 is 0.885 bits per heavy atom. The van der Waals surface area contributed by atoms with Gasteiger partial charge in [0.1, 0.15) is 22.7 Å². The van der Waals surface area contributed by atoms with E-state index in [0.29, 0.717) is 5.75 Å². The highest BCUT2D eigenvalue weighted by atomic mass is 16.5. The molecule has 3 aromatic rings. The van der Waals surface area contributed by atoms with Gasteiger partial charge in [0.05, 0.1) is 19.7 Å². The summed E-state index contributed by atoms with van der Waals surface area (Å²) in [4.78, 5) is 12.3. The SMILES string of the molecule is COc1cc(OC)c2nc(-c3ccccc3)c(N3CCCCC3)nc2c1. The number of hydrogen-bond acceptors (Lipinski definition) is 5. The molecule has 5 nitrogen and oxygen atoms in total. The molecule has 4 rings (SSSR count). The summed E-state index contributed by atoms with van der Waals surface area (Å²) < 4.78 is 11.0. The first-order valence-electron chi connectivity index (χ1n) is 9.04. The summed E-state index contributed by atoms with van der Waals surface area (Å²) in [7, 11) is 3.30. The van der Waals surface area contributed by atoms with E-state index >= 15 is 0 Å². The Balaban J connectivity index is 1.96. The Morgan fingerprint density at radius 3 is 2.35 bits per heavy atom. The number of anilines is 1. The Bertz CT molecular complexity index is 906. The van der Waals surface area contributed by atoms with E-state index in [-0.39, 0.29) is 0 Å². The number of methoxy groups -OCH3 is 2. The van der Waals surface area contributed by atoms with Crippen LogP contribution in [0.25, 0.3) is 22.3 Å². The van der Waals surface area contributed by atoms with Gasteiger partial charge in [0.2, 0.25) is 0 Å². The van der Waals surface area contributed by atoms with E-state index < -0.39 is 0 Å². The third-order valence-corrected chi connectivity index (χ3v) is 4.85. The molecule has 1 aromatic heterocycles. The van der Waals surface area contributed by atoms with E-state index in [1.165, 1.54) is 19.3 Å². The van der Waals surface area contributed by atoms with Gasteiger partial charge in [0.15, 0.2) is 5.82 Å². The zero-order valence-corrected chi connectivity index (χ0v) is 15.2. The molecule has 26 heavy (non-hydrogen) atoms. The second-order valence-corrected chi connectivity index (χ2v) is 6.51. The van der Waals surface area contributed by atoms with Crippen molar-refractivity contribution in [3.63, 3.8) is 0 Å². The number of piperidine rings is 1. The second-order valence-electron chi connectivity index (χ2n) is 6.51. The van der Waals surface area contributed by atoms with Crippen LogP contribution in [0, 0.1) is 0 Å². The Morgan fingerprint density at radius 2 is 1.65 bits per heavy atom. The molecule has 5 heteroatoms. The molecule has 134 valence electrons. The molecule has 0 unspecified atom stereocenters. The number of aromatic nitrogens is 2. The van der Waals surface area contributed by atoms with E-state index in [9.17, 15) is 0 Å². The fraction of sp³-hybridized carbons (Fsp3) is 0.333. The van der Waals surface area contributed by atoms with Gasteiger partial charge < -0.3 is 14.4 Å². The summed E-state index contributed by atoms with van der Waals surface area (Å²) in [6, 6.07) is 14.0. The number of fused-ring (bicyclic) bond motifs is 1. The van der Waals surface area contributed by atoms with E-state index in [0.717, 1.165) is 46.9 Å². The summed E-state index contributed by atoms with van der Waals surface area (Å²) in [5, 5.41) is 0. The molecule has 1 aliphatic rings. The third kappa shape index (κ3) is 3.05. The first kappa shape index (κ1) is 16.6. The average Bonchev–Trinajstić information content (AvgIpc) is 2.73. The molecular formula is C21H23N3O2. The second kappa shape index (κ2) is 7.20. The largest absolute Gasteiger partial charge is 0.497 e. The normalized spacial score (nSPS) is 14.5. The van der Waals surface area contributed by atoms with Crippen molar-refractivity contribution in [3.8, 4) is 22.8 Å². The van der Waals surface area contributed by atoms with Crippen molar-refractivity contribution in [3.05, 3.63) is 42.5 Å². The van der Waals surface area contributed by atoms with Crippen LogP contribution in [-0.2, 0) is 0 Å². The highest BCUT2D eigenvalue weighted by Gasteiger charge is 2.21. The van der Waals surface area contributed by atoms with Crippen LogP contribution in [0.4, 0.5) is 5.82 Å². The molecule has 0 spiro atoms. The first-order chi connectivity index (χ1) is 12.8. The van der Waals surface area contributed by atoms with Gasteiger partial charge in [-0.15, -0.1) is 0 Å². The molecule has 0 atom stereocenters. The van der Waals surface area contributed by atoms with E-state index in [2.05, 4.69) is 17.0 Å². The minimum Gasteiger partial charge on any atom is -0.497 e. The molecule has 1 aliphatic heterocycles. The summed E-state index contributed by atoms with van der Waals surface area (Å²) in [5.41, 5.74) is 3.53. The number of hydrogen-bond donors (Lipinski definition) is 0. The number of nitrogens with zero attached hydrogens (tertiary/aromatic N) is 3. The predicted octanol–water partition coefficient (Wildman–Crippen LogP) is 4.30. The van der Waals surface area contributed by atoms with Crippen molar-refractivity contribution in [1.82, 2.24) is 9.97 Å². The van der Waals surface area contributed by atoms with E-state index in [4.69, 9.17) is 19.4 Å². The lowest BCUT2D eigenvalue weighted by molar-refractivity contribution is 0.397. The van der Waals surface area contributed by atoms with Gasteiger partial charge in [0.25, 0.3) is 0 Å². The predicted molar refractivity (Wildman–Crippen MR) is 104 cm³/mol. The molecule has 1 fully saturated rings. The lowest BCUT2D eigenvalue weighted by Gasteiger charge is -2.29. The van der Waals surface area contributed by atoms with Crippen LogP contribution in [0.1, 0.15) is 19.3 Å².